The van der Waals surface area contributed by atoms with E-state index in [2.05, 4.69) is 0 Å². The number of carbonyl (C=O) groups is 1. The van der Waals surface area contributed by atoms with Gasteiger partial charge in [-0.3, -0.25) is 15.0 Å². The van der Waals surface area contributed by atoms with Crippen LogP contribution >= 0.6 is 11.6 Å². The molecule has 7 heteroatoms. The van der Waals surface area contributed by atoms with Crippen LogP contribution in [-0.2, 0) is 11.3 Å². The molecule has 1 amide bonds. The van der Waals surface area contributed by atoms with Crippen LogP contribution in [-0.4, -0.2) is 17.6 Å². The summed E-state index contributed by atoms with van der Waals surface area (Å²) in [5.74, 6) is 0. The molecule has 0 fully saturated rings. The average molecular weight is 335 g/mol. The first-order valence-electron chi connectivity index (χ1n) is 6.95. The lowest BCUT2D eigenvalue weighted by Crippen LogP contribution is -2.31. The summed E-state index contributed by atoms with van der Waals surface area (Å²) in [6, 6.07) is 13.2. The number of hydrogen-bond acceptors (Lipinski definition) is 4. The van der Waals surface area contributed by atoms with Gasteiger partial charge < -0.3 is 4.74 Å². The second-order valence-electron chi connectivity index (χ2n) is 4.67. The maximum absolute atomic E-state index is 12.3. The molecule has 0 aliphatic heterocycles. The van der Waals surface area contributed by atoms with Crippen molar-refractivity contribution in [3.05, 3.63) is 69.2 Å². The number of halogens is 1. The first-order valence-corrected chi connectivity index (χ1v) is 7.33. The molecule has 0 unspecified atom stereocenters. The standard InChI is InChI=1S/C16H15ClN2O4/c1-2-18(15-10-13(17)8-9-14(15)19(21)22)16(20)23-11-12-6-4-3-5-7-12/h3-10H,2,11H2,1H3. The third kappa shape index (κ3) is 4.20. The molecule has 0 heterocycles. The zero-order valence-corrected chi connectivity index (χ0v) is 13.2. The molecule has 0 saturated heterocycles. The maximum atomic E-state index is 12.3. The van der Waals surface area contributed by atoms with Crippen LogP contribution in [0.25, 0.3) is 0 Å². The molecular formula is C16H15ClN2O4. The van der Waals surface area contributed by atoms with Crippen molar-refractivity contribution in [1.82, 2.24) is 0 Å². The third-order valence-corrected chi connectivity index (χ3v) is 3.40. The number of nitrogens with zero attached hydrogens (tertiary/aromatic N) is 2. The molecule has 0 saturated carbocycles. The van der Waals surface area contributed by atoms with Crippen molar-refractivity contribution in [2.75, 3.05) is 11.4 Å². The molecule has 0 aliphatic carbocycles. The minimum atomic E-state index is -0.665. The van der Waals surface area contributed by atoms with Gasteiger partial charge >= 0.3 is 6.09 Å². The van der Waals surface area contributed by atoms with E-state index in [4.69, 9.17) is 16.3 Å². The van der Waals surface area contributed by atoms with Crippen molar-refractivity contribution in [3.8, 4) is 0 Å². The van der Waals surface area contributed by atoms with Crippen LogP contribution in [0.4, 0.5) is 16.2 Å². The molecular weight excluding hydrogens is 320 g/mol. The number of nitro benzene ring substituents is 1. The molecule has 0 aliphatic rings. The average Bonchev–Trinajstić information content (AvgIpc) is 2.54. The van der Waals surface area contributed by atoms with Crippen LogP contribution in [0, 0.1) is 10.1 Å². The molecule has 0 atom stereocenters. The van der Waals surface area contributed by atoms with Gasteiger partial charge in [0.2, 0.25) is 0 Å². The Kier molecular flexibility index (Phi) is 5.54. The summed E-state index contributed by atoms with van der Waals surface area (Å²) >= 11 is 5.90. The predicted molar refractivity (Wildman–Crippen MR) is 87.8 cm³/mol. The summed E-state index contributed by atoms with van der Waals surface area (Å²) in [4.78, 5) is 24.0. The molecule has 0 N–H and O–H groups in total. The van der Waals surface area contributed by atoms with E-state index in [-0.39, 0.29) is 24.5 Å². The Morgan fingerprint density at radius 1 is 1.26 bits per heavy atom. The van der Waals surface area contributed by atoms with Crippen molar-refractivity contribution >= 4 is 29.1 Å². The highest BCUT2D eigenvalue weighted by Crippen LogP contribution is 2.31. The number of amides is 1. The second-order valence-corrected chi connectivity index (χ2v) is 5.11. The van der Waals surface area contributed by atoms with E-state index in [0.717, 1.165) is 5.56 Å². The SMILES string of the molecule is CCN(C(=O)OCc1ccccc1)c1cc(Cl)ccc1[N+](=O)[O-]. The summed E-state index contributed by atoms with van der Waals surface area (Å²) in [6.07, 6.45) is -0.665. The van der Waals surface area contributed by atoms with Gasteiger partial charge in [-0.2, -0.15) is 0 Å². The van der Waals surface area contributed by atoms with Gasteiger partial charge in [0.25, 0.3) is 5.69 Å². The molecule has 6 nitrogen and oxygen atoms in total. The number of nitro groups is 1. The second kappa shape index (κ2) is 7.60. The molecule has 0 spiro atoms. The van der Waals surface area contributed by atoms with E-state index in [0.29, 0.717) is 5.02 Å². The summed E-state index contributed by atoms with van der Waals surface area (Å²) in [5.41, 5.74) is 0.744. The smallest absolute Gasteiger partial charge is 0.414 e. The van der Waals surface area contributed by atoms with Gasteiger partial charge in [0.05, 0.1) is 4.92 Å². The lowest BCUT2D eigenvalue weighted by Gasteiger charge is -2.20. The Bertz CT molecular complexity index is 706. The van der Waals surface area contributed by atoms with E-state index >= 15 is 0 Å². The maximum Gasteiger partial charge on any atom is 0.414 e. The first-order chi connectivity index (χ1) is 11.0. The number of hydrogen-bond donors (Lipinski definition) is 0. The van der Waals surface area contributed by atoms with Gasteiger partial charge in [0, 0.05) is 17.6 Å². The molecule has 120 valence electrons. The molecule has 0 bridgehead atoms. The predicted octanol–water partition coefficient (Wildman–Crippen LogP) is 4.41. The molecule has 0 aromatic heterocycles. The largest absolute Gasteiger partial charge is 0.444 e. The van der Waals surface area contributed by atoms with Crippen LogP contribution in [0.15, 0.2) is 48.5 Å². The lowest BCUT2D eigenvalue weighted by atomic mass is 10.2. The monoisotopic (exact) mass is 334 g/mol. The quantitative estimate of drug-likeness (QED) is 0.599. The Labute approximate surface area is 138 Å². The van der Waals surface area contributed by atoms with Crippen LogP contribution in [0.1, 0.15) is 12.5 Å². The molecule has 2 rings (SSSR count). The minimum absolute atomic E-state index is 0.0878. The molecule has 2 aromatic carbocycles. The molecule has 23 heavy (non-hydrogen) atoms. The van der Waals surface area contributed by atoms with E-state index < -0.39 is 11.0 Å². The fourth-order valence-corrected chi connectivity index (χ4v) is 2.23. The first kappa shape index (κ1) is 16.8. The van der Waals surface area contributed by atoms with Crippen molar-refractivity contribution in [2.45, 2.75) is 13.5 Å². The number of rotatable bonds is 5. The van der Waals surface area contributed by atoms with Crippen molar-refractivity contribution in [2.24, 2.45) is 0 Å². The molecule has 2 aromatic rings. The van der Waals surface area contributed by atoms with Gasteiger partial charge in [-0.1, -0.05) is 41.9 Å². The van der Waals surface area contributed by atoms with E-state index in [1.54, 1.807) is 6.92 Å². The number of carbonyl (C=O) groups excluding carboxylic acids is 1. The van der Waals surface area contributed by atoms with E-state index in [9.17, 15) is 14.9 Å². The van der Waals surface area contributed by atoms with Crippen LogP contribution < -0.4 is 4.90 Å². The molecule has 0 radical (unpaired) electrons. The highest BCUT2D eigenvalue weighted by molar-refractivity contribution is 6.31. The fraction of sp³-hybridized carbons (Fsp3) is 0.188. The Morgan fingerprint density at radius 2 is 1.96 bits per heavy atom. The topological polar surface area (TPSA) is 72.7 Å². The summed E-state index contributed by atoms with van der Waals surface area (Å²) < 4.78 is 5.23. The lowest BCUT2D eigenvalue weighted by molar-refractivity contribution is -0.384. The van der Waals surface area contributed by atoms with Gasteiger partial charge in [-0.15, -0.1) is 0 Å². The van der Waals surface area contributed by atoms with Crippen molar-refractivity contribution in [3.63, 3.8) is 0 Å². The van der Waals surface area contributed by atoms with E-state index in [1.807, 2.05) is 30.3 Å². The van der Waals surface area contributed by atoms with E-state index in [1.165, 1.54) is 23.1 Å². The normalized spacial score (nSPS) is 10.2. The number of ether oxygens (including phenoxy) is 1. The van der Waals surface area contributed by atoms with Crippen molar-refractivity contribution < 1.29 is 14.5 Å². The summed E-state index contributed by atoms with van der Waals surface area (Å²) in [6.45, 7) is 2.01. The van der Waals surface area contributed by atoms with Crippen LogP contribution in [0.5, 0.6) is 0 Å². The highest BCUT2D eigenvalue weighted by Gasteiger charge is 2.24. The Hall–Kier alpha value is -2.60. The third-order valence-electron chi connectivity index (χ3n) is 3.17. The zero-order chi connectivity index (χ0) is 16.8. The Morgan fingerprint density at radius 3 is 2.57 bits per heavy atom. The van der Waals surface area contributed by atoms with Crippen LogP contribution in [0.2, 0.25) is 5.02 Å². The summed E-state index contributed by atoms with van der Waals surface area (Å²) in [7, 11) is 0. The fourth-order valence-electron chi connectivity index (χ4n) is 2.06. The van der Waals surface area contributed by atoms with Gasteiger partial charge in [0.15, 0.2) is 0 Å². The zero-order valence-electron chi connectivity index (χ0n) is 12.4. The number of anilines is 1. The van der Waals surface area contributed by atoms with Crippen LogP contribution in [0.3, 0.4) is 0 Å². The minimum Gasteiger partial charge on any atom is -0.444 e. The highest BCUT2D eigenvalue weighted by atomic mass is 35.5. The van der Waals surface area contributed by atoms with Crippen molar-refractivity contribution in [1.29, 1.82) is 0 Å². The van der Waals surface area contributed by atoms with Gasteiger partial charge in [0.1, 0.15) is 12.3 Å². The van der Waals surface area contributed by atoms with Gasteiger partial charge in [-0.05, 0) is 24.6 Å². The summed E-state index contributed by atoms with van der Waals surface area (Å²) in [5, 5.41) is 11.4. The van der Waals surface area contributed by atoms with Gasteiger partial charge in [-0.25, -0.2) is 4.79 Å². The number of benzene rings is 2. The Balaban J connectivity index is 2.20.